The summed E-state index contributed by atoms with van der Waals surface area (Å²) in [5.74, 6) is 3.03. The lowest BCUT2D eigenvalue weighted by Crippen LogP contribution is -2.30. The summed E-state index contributed by atoms with van der Waals surface area (Å²) in [6.07, 6.45) is 3.99. The van der Waals surface area contributed by atoms with Crippen LogP contribution in [0.5, 0.6) is 0 Å². The number of aryl methyl sites for hydroxylation is 3. The number of nitrogens with zero attached hydrogens (tertiary/aromatic N) is 4. The molecule has 2 heterocycles. The molecule has 7 heteroatoms. The fourth-order valence-corrected chi connectivity index (χ4v) is 2.85. The van der Waals surface area contributed by atoms with Crippen LogP contribution in [0.15, 0.2) is 42.7 Å². The van der Waals surface area contributed by atoms with Crippen molar-refractivity contribution in [2.75, 3.05) is 18.4 Å². The van der Waals surface area contributed by atoms with E-state index in [1.54, 1.807) is 6.20 Å². The van der Waals surface area contributed by atoms with E-state index in [9.17, 15) is 4.79 Å². The van der Waals surface area contributed by atoms with Gasteiger partial charge in [-0.15, -0.1) is 0 Å². The van der Waals surface area contributed by atoms with Crippen LogP contribution >= 0.6 is 0 Å². The Morgan fingerprint density at radius 1 is 1.11 bits per heavy atom. The Morgan fingerprint density at radius 3 is 2.70 bits per heavy atom. The number of carbonyl (C=O) groups is 1. The average Bonchev–Trinajstić information content (AvgIpc) is 3.04. The van der Waals surface area contributed by atoms with Gasteiger partial charge in [-0.25, -0.2) is 15.0 Å². The van der Waals surface area contributed by atoms with Crippen LogP contribution in [0.25, 0.3) is 5.82 Å². The highest BCUT2D eigenvalue weighted by molar-refractivity contribution is 5.78. The van der Waals surface area contributed by atoms with Crippen LogP contribution in [0.2, 0.25) is 0 Å². The Morgan fingerprint density at radius 2 is 1.96 bits per heavy atom. The molecule has 7 nitrogen and oxygen atoms in total. The first kappa shape index (κ1) is 18.6. The van der Waals surface area contributed by atoms with E-state index in [0.29, 0.717) is 25.3 Å². The second-order valence-corrected chi connectivity index (χ2v) is 6.45. The number of imidazole rings is 1. The minimum Gasteiger partial charge on any atom is -0.368 e. The van der Waals surface area contributed by atoms with Gasteiger partial charge in [0.1, 0.15) is 23.3 Å². The summed E-state index contributed by atoms with van der Waals surface area (Å²) in [4.78, 5) is 25.1. The van der Waals surface area contributed by atoms with Crippen LogP contribution < -0.4 is 10.6 Å². The van der Waals surface area contributed by atoms with Gasteiger partial charge in [-0.05, 0) is 26.3 Å². The van der Waals surface area contributed by atoms with E-state index in [0.717, 1.165) is 28.6 Å². The number of aromatic nitrogens is 4. The van der Waals surface area contributed by atoms with Crippen molar-refractivity contribution in [1.82, 2.24) is 24.8 Å². The van der Waals surface area contributed by atoms with Crippen molar-refractivity contribution in [3.8, 4) is 5.82 Å². The molecule has 0 saturated carbocycles. The normalized spacial score (nSPS) is 10.6. The molecule has 1 aromatic carbocycles. The minimum absolute atomic E-state index is 0.0102. The maximum absolute atomic E-state index is 12.1. The van der Waals surface area contributed by atoms with Crippen molar-refractivity contribution in [2.45, 2.75) is 27.2 Å². The van der Waals surface area contributed by atoms with Crippen LogP contribution in [0.3, 0.4) is 0 Å². The van der Waals surface area contributed by atoms with Crippen molar-refractivity contribution in [3.63, 3.8) is 0 Å². The van der Waals surface area contributed by atoms with Crippen molar-refractivity contribution in [2.24, 2.45) is 0 Å². The lowest BCUT2D eigenvalue weighted by molar-refractivity contribution is -0.120. The Labute approximate surface area is 158 Å². The molecule has 0 fully saturated rings. The van der Waals surface area contributed by atoms with E-state index < -0.39 is 0 Å². The van der Waals surface area contributed by atoms with E-state index in [1.807, 2.05) is 61.9 Å². The van der Waals surface area contributed by atoms with Gasteiger partial charge in [0.25, 0.3) is 0 Å². The summed E-state index contributed by atoms with van der Waals surface area (Å²) in [6.45, 7) is 6.90. The summed E-state index contributed by atoms with van der Waals surface area (Å²) in [6, 6.07) is 9.86. The Kier molecular flexibility index (Phi) is 5.80. The quantitative estimate of drug-likeness (QED) is 0.629. The number of anilines is 1. The molecule has 2 aromatic heterocycles. The molecule has 0 aliphatic heterocycles. The van der Waals surface area contributed by atoms with E-state index in [1.165, 1.54) is 0 Å². The first-order valence-corrected chi connectivity index (χ1v) is 8.93. The average molecular weight is 364 g/mol. The molecule has 0 radical (unpaired) electrons. The highest BCUT2D eigenvalue weighted by Crippen LogP contribution is 2.12. The molecular formula is C20H24N6O. The first-order chi connectivity index (χ1) is 13.0. The topological polar surface area (TPSA) is 84.7 Å². The van der Waals surface area contributed by atoms with Gasteiger partial charge in [0, 0.05) is 31.5 Å². The monoisotopic (exact) mass is 364 g/mol. The van der Waals surface area contributed by atoms with E-state index in [-0.39, 0.29) is 5.91 Å². The fraction of sp³-hybridized carbons (Fsp3) is 0.300. The summed E-state index contributed by atoms with van der Waals surface area (Å²) in [7, 11) is 0. The molecule has 2 N–H and O–H groups in total. The molecule has 0 unspecified atom stereocenters. The number of hydrogen-bond donors (Lipinski definition) is 2. The molecule has 1 amide bonds. The molecule has 0 aliphatic rings. The van der Waals surface area contributed by atoms with Crippen LogP contribution in [0.1, 0.15) is 22.8 Å². The van der Waals surface area contributed by atoms with E-state index in [2.05, 4.69) is 25.6 Å². The van der Waals surface area contributed by atoms with Crippen LogP contribution in [-0.4, -0.2) is 38.5 Å². The van der Waals surface area contributed by atoms with Crippen molar-refractivity contribution in [3.05, 3.63) is 65.5 Å². The third-order valence-corrected chi connectivity index (χ3v) is 4.10. The fourth-order valence-electron chi connectivity index (χ4n) is 2.85. The number of benzene rings is 1. The summed E-state index contributed by atoms with van der Waals surface area (Å²) in [5.41, 5.74) is 2.18. The van der Waals surface area contributed by atoms with Gasteiger partial charge in [-0.2, -0.15) is 0 Å². The largest absolute Gasteiger partial charge is 0.368 e. The SMILES string of the molecule is Cc1cccc(CC(=O)NCCNc2cc(-n3ccnc3C)nc(C)n2)c1. The Bertz CT molecular complexity index is 934. The second kappa shape index (κ2) is 8.44. The highest BCUT2D eigenvalue weighted by atomic mass is 16.1. The molecule has 3 aromatic rings. The zero-order valence-corrected chi connectivity index (χ0v) is 15.9. The first-order valence-electron chi connectivity index (χ1n) is 8.93. The molecule has 140 valence electrons. The van der Waals surface area contributed by atoms with E-state index >= 15 is 0 Å². The molecule has 0 saturated heterocycles. The zero-order valence-electron chi connectivity index (χ0n) is 15.9. The number of rotatable bonds is 7. The van der Waals surface area contributed by atoms with E-state index in [4.69, 9.17) is 0 Å². The number of hydrogen-bond acceptors (Lipinski definition) is 5. The molecule has 27 heavy (non-hydrogen) atoms. The third kappa shape index (κ3) is 5.13. The molecular weight excluding hydrogens is 340 g/mol. The van der Waals surface area contributed by atoms with Gasteiger partial charge in [0.05, 0.1) is 6.42 Å². The zero-order chi connectivity index (χ0) is 19.2. The number of carbonyl (C=O) groups excluding carboxylic acids is 1. The third-order valence-electron chi connectivity index (χ3n) is 4.10. The standard InChI is InChI=1S/C20H24N6O/c1-14-5-4-6-17(11-14)12-20(27)23-8-7-22-18-13-19(25-15(2)24-18)26-10-9-21-16(26)3/h4-6,9-11,13H,7-8,12H2,1-3H3,(H,23,27)(H,22,24,25). The number of nitrogens with one attached hydrogen (secondary N) is 2. The maximum atomic E-state index is 12.1. The number of amides is 1. The van der Waals surface area contributed by atoms with Crippen molar-refractivity contribution < 1.29 is 4.79 Å². The lowest BCUT2D eigenvalue weighted by Gasteiger charge is -2.11. The highest BCUT2D eigenvalue weighted by Gasteiger charge is 2.07. The maximum Gasteiger partial charge on any atom is 0.224 e. The molecule has 0 bridgehead atoms. The minimum atomic E-state index is 0.0102. The lowest BCUT2D eigenvalue weighted by atomic mass is 10.1. The van der Waals surface area contributed by atoms with Crippen LogP contribution in [0, 0.1) is 20.8 Å². The van der Waals surface area contributed by atoms with Gasteiger partial charge in [0.15, 0.2) is 0 Å². The molecule has 0 aliphatic carbocycles. The molecule has 0 spiro atoms. The predicted octanol–water partition coefficient (Wildman–Crippen LogP) is 2.36. The predicted molar refractivity (Wildman–Crippen MR) is 105 cm³/mol. The van der Waals surface area contributed by atoms with Crippen LogP contribution in [0.4, 0.5) is 5.82 Å². The van der Waals surface area contributed by atoms with Crippen molar-refractivity contribution in [1.29, 1.82) is 0 Å². The van der Waals surface area contributed by atoms with Crippen LogP contribution in [-0.2, 0) is 11.2 Å². The van der Waals surface area contributed by atoms with Gasteiger partial charge in [-0.1, -0.05) is 29.8 Å². The van der Waals surface area contributed by atoms with Gasteiger partial charge in [-0.3, -0.25) is 9.36 Å². The summed E-state index contributed by atoms with van der Waals surface area (Å²) in [5, 5.41) is 6.16. The summed E-state index contributed by atoms with van der Waals surface area (Å²) < 4.78 is 1.91. The van der Waals surface area contributed by atoms with Crippen molar-refractivity contribution >= 4 is 11.7 Å². The molecule has 0 atom stereocenters. The Balaban J connectivity index is 1.51. The Hall–Kier alpha value is -3.22. The molecule has 3 rings (SSSR count). The smallest absolute Gasteiger partial charge is 0.224 e. The van der Waals surface area contributed by atoms with Gasteiger partial charge in [0.2, 0.25) is 5.91 Å². The summed E-state index contributed by atoms with van der Waals surface area (Å²) >= 11 is 0. The second-order valence-electron chi connectivity index (χ2n) is 6.45. The van der Waals surface area contributed by atoms with Gasteiger partial charge < -0.3 is 10.6 Å². The van der Waals surface area contributed by atoms with Gasteiger partial charge >= 0.3 is 0 Å².